The highest BCUT2D eigenvalue weighted by Gasteiger charge is 2.30. The fraction of sp³-hybridized carbons (Fsp3) is 0.167. The minimum absolute atomic E-state index is 0.0342. The maximum atomic E-state index is 12.6. The molecule has 2 aromatic rings. The highest BCUT2D eigenvalue weighted by molar-refractivity contribution is 7.90. The van der Waals surface area contributed by atoms with Gasteiger partial charge in [-0.25, -0.2) is 17.9 Å². The van der Waals surface area contributed by atoms with E-state index in [-0.39, 0.29) is 23.5 Å². The van der Waals surface area contributed by atoms with Crippen molar-refractivity contribution in [2.75, 3.05) is 6.54 Å². The van der Waals surface area contributed by atoms with E-state index >= 15 is 0 Å². The summed E-state index contributed by atoms with van der Waals surface area (Å²) in [6, 6.07) is 11.7. The van der Waals surface area contributed by atoms with Gasteiger partial charge in [-0.1, -0.05) is 35.9 Å². The number of carbonyl (C=O) groups is 3. The molecule has 27 heavy (non-hydrogen) atoms. The summed E-state index contributed by atoms with van der Waals surface area (Å²) >= 11 is 0. The summed E-state index contributed by atoms with van der Waals surface area (Å²) in [6.45, 7) is 1.59. The van der Waals surface area contributed by atoms with Crippen LogP contribution in [0.15, 0.2) is 53.4 Å². The predicted molar refractivity (Wildman–Crippen MR) is 96.2 cm³/mol. The highest BCUT2D eigenvalue weighted by Crippen LogP contribution is 2.16. The Morgan fingerprint density at radius 1 is 1.11 bits per heavy atom. The Labute approximate surface area is 156 Å². The monoisotopic (exact) mass is 387 g/mol. The first-order chi connectivity index (χ1) is 12.8. The van der Waals surface area contributed by atoms with Crippen LogP contribution in [0.5, 0.6) is 0 Å². The number of amides is 4. The summed E-state index contributed by atoms with van der Waals surface area (Å²) in [5.74, 6) is -1.25. The van der Waals surface area contributed by atoms with Gasteiger partial charge in [0, 0.05) is 5.56 Å². The molecule has 1 saturated heterocycles. The fourth-order valence-electron chi connectivity index (χ4n) is 2.62. The molecule has 4 amide bonds. The van der Waals surface area contributed by atoms with Gasteiger partial charge in [-0.3, -0.25) is 14.5 Å². The molecule has 0 spiro atoms. The van der Waals surface area contributed by atoms with Gasteiger partial charge in [-0.15, -0.1) is 0 Å². The van der Waals surface area contributed by atoms with Gasteiger partial charge in [0.1, 0.15) is 0 Å². The molecule has 2 N–H and O–H groups in total. The van der Waals surface area contributed by atoms with Crippen molar-refractivity contribution in [2.24, 2.45) is 0 Å². The van der Waals surface area contributed by atoms with Crippen LogP contribution in [0.25, 0.3) is 0 Å². The number of urea groups is 1. The topological polar surface area (TPSA) is 113 Å². The van der Waals surface area contributed by atoms with E-state index in [9.17, 15) is 22.8 Å². The second kappa shape index (κ2) is 7.20. The third-order valence-corrected chi connectivity index (χ3v) is 5.43. The van der Waals surface area contributed by atoms with E-state index in [0.717, 1.165) is 10.5 Å². The Morgan fingerprint density at radius 2 is 1.78 bits per heavy atom. The second-order valence-electron chi connectivity index (χ2n) is 6.04. The average Bonchev–Trinajstić information content (AvgIpc) is 2.94. The standard InChI is InChI=1S/C18H17N3O5S/c1-12-6-8-14(9-7-12)27(25,26)20-17(23)15-5-3-2-4-13(15)11-21-16(22)10-19-18(21)24/h2-9H,10-11H2,1H3,(H,19,24)(H,20,23). The number of sulfonamides is 1. The zero-order valence-corrected chi connectivity index (χ0v) is 15.2. The maximum absolute atomic E-state index is 12.6. The lowest BCUT2D eigenvalue weighted by atomic mass is 10.1. The van der Waals surface area contributed by atoms with Crippen molar-refractivity contribution >= 4 is 27.9 Å². The number of nitrogens with zero attached hydrogens (tertiary/aromatic N) is 1. The minimum Gasteiger partial charge on any atom is -0.329 e. The van der Waals surface area contributed by atoms with Gasteiger partial charge in [-0.05, 0) is 30.7 Å². The van der Waals surface area contributed by atoms with Crippen LogP contribution in [0.1, 0.15) is 21.5 Å². The molecule has 1 aliphatic heterocycles. The lowest BCUT2D eigenvalue weighted by molar-refractivity contribution is -0.125. The van der Waals surface area contributed by atoms with Gasteiger partial charge in [0.25, 0.3) is 15.9 Å². The number of nitrogens with one attached hydrogen (secondary N) is 2. The summed E-state index contributed by atoms with van der Waals surface area (Å²) in [7, 11) is -4.05. The molecule has 1 fully saturated rings. The molecule has 0 aromatic heterocycles. The zero-order valence-electron chi connectivity index (χ0n) is 14.4. The molecule has 140 valence electrons. The van der Waals surface area contributed by atoms with Crippen molar-refractivity contribution in [3.8, 4) is 0 Å². The number of rotatable bonds is 5. The molecule has 0 unspecified atom stereocenters. The van der Waals surface area contributed by atoms with E-state index in [2.05, 4.69) is 5.32 Å². The normalized spacial score (nSPS) is 14.2. The number of aryl methyl sites for hydroxylation is 1. The number of hydrogen-bond donors (Lipinski definition) is 2. The molecule has 8 nitrogen and oxygen atoms in total. The SMILES string of the molecule is Cc1ccc(S(=O)(=O)NC(=O)c2ccccc2CN2C(=O)CNC2=O)cc1. The van der Waals surface area contributed by atoms with Crippen LogP contribution in [-0.2, 0) is 21.4 Å². The van der Waals surface area contributed by atoms with Gasteiger partial charge in [0.2, 0.25) is 5.91 Å². The molecule has 0 atom stereocenters. The van der Waals surface area contributed by atoms with Crippen molar-refractivity contribution in [3.63, 3.8) is 0 Å². The van der Waals surface area contributed by atoms with Crippen LogP contribution in [-0.4, -0.2) is 37.7 Å². The maximum Gasteiger partial charge on any atom is 0.324 e. The quantitative estimate of drug-likeness (QED) is 0.748. The van der Waals surface area contributed by atoms with Gasteiger partial charge < -0.3 is 5.32 Å². The molecular weight excluding hydrogens is 370 g/mol. The molecule has 0 aliphatic carbocycles. The highest BCUT2D eigenvalue weighted by atomic mass is 32.2. The van der Waals surface area contributed by atoms with Crippen LogP contribution >= 0.6 is 0 Å². The van der Waals surface area contributed by atoms with Gasteiger partial charge in [0.05, 0.1) is 18.0 Å². The van der Waals surface area contributed by atoms with Crippen molar-refractivity contribution in [1.82, 2.24) is 14.9 Å². The molecule has 1 aliphatic rings. The third kappa shape index (κ3) is 3.98. The Kier molecular flexibility index (Phi) is 4.95. The fourth-order valence-corrected chi connectivity index (χ4v) is 3.58. The van der Waals surface area contributed by atoms with Crippen LogP contribution in [0.3, 0.4) is 0 Å². The van der Waals surface area contributed by atoms with Gasteiger partial charge in [-0.2, -0.15) is 0 Å². The third-order valence-electron chi connectivity index (χ3n) is 4.09. The first-order valence-corrected chi connectivity index (χ1v) is 9.56. The molecular formula is C18H17N3O5S. The Morgan fingerprint density at radius 3 is 2.41 bits per heavy atom. The second-order valence-corrected chi connectivity index (χ2v) is 7.73. The summed E-state index contributed by atoms with van der Waals surface area (Å²) in [4.78, 5) is 37.0. The van der Waals surface area contributed by atoms with E-state index in [4.69, 9.17) is 0 Å². The molecule has 0 radical (unpaired) electrons. The Bertz CT molecular complexity index is 1000. The van der Waals surface area contributed by atoms with Crippen molar-refractivity contribution in [1.29, 1.82) is 0 Å². The molecule has 2 aromatic carbocycles. The van der Waals surface area contributed by atoms with E-state index < -0.39 is 27.9 Å². The first kappa shape index (κ1) is 18.6. The minimum atomic E-state index is -4.05. The van der Waals surface area contributed by atoms with Crippen LogP contribution < -0.4 is 10.0 Å². The van der Waals surface area contributed by atoms with E-state index in [1.54, 1.807) is 30.3 Å². The smallest absolute Gasteiger partial charge is 0.324 e. The summed E-state index contributed by atoms with van der Waals surface area (Å²) in [5.41, 5.74) is 1.32. The van der Waals surface area contributed by atoms with Crippen LogP contribution in [0.2, 0.25) is 0 Å². The van der Waals surface area contributed by atoms with E-state index in [0.29, 0.717) is 5.56 Å². The first-order valence-electron chi connectivity index (χ1n) is 8.08. The molecule has 0 bridgehead atoms. The van der Waals surface area contributed by atoms with Crippen molar-refractivity contribution in [3.05, 3.63) is 65.2 Å². The number of imide groups is 1. The number of hydrogen-bond acceptors (Lipinski definition) is 5. The average molecular weight is 387 g/mol. The summed E-state index contributed by atoms with van der Waals surface area (Å²) in [5, 5.41) is 2.39. The number of carbonyl (C=O) groups excluding carboxylic acids is 3. The zero-order chi connectivity index (χ0) is 19.6. The van der Waals surface area contributed by atoms with Crippen LogP contribution in [0, 0.1) is 6.92 Å². The number of benzene rings is 2. The van der Waals surface area contributed by atoms with Crippen molar-refractivity contribution in [2.45, 2.75) is 18.4 Å². The largest absolute Gasteiger partial charge is 0.329 e. The van der Waals surface area contributed by atoms with Gasteiger partial charge >= 0.3 is 6.03 Å². The molecule has 9 heteroatoms. The van der Waals surface area contributed by atoms with Crippen LogP contribution in [0.4, 0.5) is 4.79 Å². The lowest BCUT2D eigenvalue weighted by Crippen LogP contribution is -2.34. The molecule has 1 heterocycles. The summed E-state index contributed by atoms with van der Waals surface area (Å²) < 4.78 is 26.9. The Hall–Kier alpha value is -3.20. The lowest BCUT2D eigenvalue weighted by Gasteiger charge is -2.15. The predicted octanol–water partition coefficient (Wildman–Crippen LogP) is 1.17. The Balaban J connectivity index is 1.84. The van der Waals surface area contributed by atoms with E-state index in [1.807, 2.05) is 11.6 Å². The summed E-state index contributed by atoms with van der Waals surface area (Å²) in [6.07, 6.45) is 0. The molecule has 0 saturated carbocycles. The molecule has 3 rings (SSSR count). The van der Waals surface area contributed by atoms with Gasteiger partial charge in [0.15, 0.2) is 0 Å². The van der Waals surface area contributed by atoms with Crippen molar-refractivity contribution < 1.29 is 22.8 Å². The van der Waals surface area contributed by atoms with E-state index in [1.165, 1.54) is 18.2 Å².